The smallest absolute Gasteiger partial charge is 0.244 e. The minimum absolute atomic E-state index is 0.177. The second kappa shape index (κ2) is 9.94. The zero-order chi connectivity index (χ0) is 17.1. The van der Waals surface area contributed by atoms with E-state index in [1.165, 1.54) is 25.3 Å². The van der Waals surface area contributed by atoms with E-state index >= 15 is 0 Å². The second-order valence-electron chi connectivity index (χ2n) is 4.64. The summed E-state index contributed by atoms with van der Waals surface area (Å²) in [6.45, 7) is 2.72. The molecular formula is C16H22N2O4S. The van der Waals surface area contributed by atoms with Gasteiger partial charge in [-0.3, -0.25) is 4.79 Å². The molecule has 1 aromatic carbocycles. The van der Waals surface area contributed by atoms with Crippen molar-refractivity contribution in [3.63, 3.8) is 0 Å². The number of ether oxygens (including phenoxy) is 1. The van der Waals surface area contributed by atoms with E-state index in [-0.39, 0.29) is 17.3 Å². The summed E-state index contributed by atoms with van der Waals surface area (Å²) in [5.74, 6) is -0.207. The third-order valence-corrected chi connectivity index (χ3v) is 4.33. The van der Waals surface area contributed by atoms with E-state index in [9.17, 15) is 13.2 Å². The second-order valence-corrected chi connectivity index (χ2v) is 6.40. The molecule has 23 heavy (non-hydrogen) atoms. The number of hydrogen-bond acceptors (Lipinski definition) is 4. The van der Waals surface area contributed by atoms with Crippen LogP contribution in [0.1, 0.15) is 12.5 Å². The average molecular weight is 338 g/mol. The largest absolute Gasteiger partial charge is 0.383 e. The van der Waals surface area contributed by atoms with Gasteiger partial charge in [0.05, 0.1) is 11.5 Å². The highest BCUT2D eigenvalue weighted by Crippen LogP contribution is 2.10. The molecule has 0 bridgehead atoms. The standard InChI is InChI=1S/C16H22N2O4S/c1-3-4-5-6-16(19)17-13-14-7-9-15(10-8-14)23(20,21)18-11-12-22-2/h3-10,18H,11-13H2,1-2H3,(H,17,19)/b4-3+,6-5+. The lowest BCUT2D eigenvalue weighted by Gasteiger charge is -2.07. The molecule has 0 aliphatic heterocycles. The molecule has 0 atom stereocenters. The molecule has 0 spiro atoms. The summed E-state index contributed by atoms with van der Waals surface area (Å²) in [5.41, 5.74) is 0.814. The van der Waals surface area contributed by atoms with Crippen LogP contribution in [-0.4, -0.2) is 34.6 Å². The summed E-state index contributed by atoms with van der Waals surface area (Å²) < 4.78 is 31.2. The SMILES string of the molecule is C/C=C/C=C/C(=O)NCc1ccc(S(=O)(=O)NCCOC)cc1. The van der Waals surface area contributed by atoms with Gasteiger partial charge in [-0.25, -0.2) is 13.1 Å². The highest BCUT2D eigenvalue weighted by atomic mass is 32.2. The number of methoxy groups -OCH3 is 1. The molecule has 0 aromatic heterocycles. The van der Waals surface area contributed by atoms with Crippen LogP contribution >= 0.6 is 0 Å². The maximum absolute atomic E-state index is 12.0. The Morgan fingerprint density at radius 1 is 1.22 bits per heavy atom. The quantitative estimate of drug-likeness (QED) is 0.404. The third kappa shape index (κ3) is 7.23. The van der Waals surface area contributed by atoms with E-state index in [1.54, 1.807) is 24.3 Å². The lowest BCUT2D eigenvalue weighted by atomic mass is 10.2. The number of rotatable bonds is 9. The molecule has 1 amide bonds. The first-order valence-electron chi connectivity index (χ1n) is 7.14. The third-order valence-electron chi connectivity index (χ3n) is 2.85. The number of amides is 1. The van der Waals surface area contributed by atoms with Gasteiger partial charge in [0.25, 0.3) is 0 Å². The number of carbonyl (C=O) groups excluding carboxylic acids is 1. The number of benzene rings is 1. The van der Waals surface area contributed by atoms with E-state index in [0.717, 1.165) is 5.56 Å². The van der Waals surface area contributed by atoms with E-state index in [2.05, 4.69) is 10.0 Å². The molecule has 2 N–H and O–H groups in total. The predicted molar refractivity (Wildman–Crippen MR) is 89.3 cm³/mol. The Bertz CT molecular complexity index is 649. The fourth-order valence-electron chi connectivity index (χ4n) is 1.65. The number of hydrogen-bond donors (Lipinski definition) is 2. The highest BCUT2D eigenvalue weighted by Gasteiger charge is 2.12. The fraction of sp³-hybridized carbons (Fsp3) is 0.312. The maximum atomic E-state index is 12.0. The lowest BCUT2D eigenvalue weighted by Crippen LogP contribution is -2.27. The van der Waals surface area contributed by atoms with E-state index in [1.807, 2.05) is 13.0 Å². The first-order chi connectivity index (χ1) is 11.0. The van der Waals surface area contributed by atoms with Gasteiger partial charge in [0.1, 0.15) is 0 Å². The summed E-state index contributed by atoms with van der Waals surface area (Å²) in [7, 11) is -2.03. The molecule has 0 fully saturated rings. The van der Waals surface area contributed by atoms with Gasteiger partial charge in [-0.2, -0.15) is 0 Å². The molecule has 0 unspecified atom stereocenters. The van der Waals surface area contributed by atoms with E-state index in [0.29, 0.717) is 13.2 Å². The van der Waals surface area contributed by atoms with Crippen molar-refractivity contribution < 1.29 is 17.9 Å². The van der Waals surface area contributed by atoms with Crippen LogP contribution < -0.4 is 10.0 Å². The molecule has 0 saturated heterocycles. The Morgan fingerprint density at radius 3 is 2.52 bits per heavy atom. The van der Waals surface area contributed by atoms with Crippen LogP contribution in [0.5, 0.6) is 0 Å². The summed E-state index contributed by atoms with van der Waals surface area (Å²) in [4.78, 5) is 11.7. The summed E-state index contributed by atoms with van der Waals surface area (Å²) in [6, 6.07) is 6.35. The van der Waals surface area contributed by atoms with Crippen molar-refractivity contribution in [3.8, 4) is 0 Å². The van der Waals surface area contributed by atoms with Crippen LogP contribution in [0.25, 0.3) is 0 Å². The van der Waals surface area contributed by atoms with Crippen LogP contribution in [0, 0.1) is 0 Å². The van der Waals surface area contributed by atoms with Gasteiger partial charge in [0.15, 0.2) is 0 Å². The number of carbonyl (C=O) groups is 1. The van der Waals surface area contributed by atoms with Crippen molar-refractivity contribution in [3.05, 3.63) is 54.1 Å². The molecule has 0 aliphatic rings. The van der Waals surface area contributed by atoms with Crippen molar-refractivity contribution in [1.82, 2.24) is 10.0 Å². The number of allylic oxidation sites excluding steroid dienone is 3. The lowest BCUT2D eigenvalue weighted by molar-refractivity contribution is -0.116. The summed E-state index contributed by atoms with van der Waals surface area (Å²) in [6.07, 6.45) is 6.66. The van der Waals surface area contributed by atoms with Crippen molar-refractivity contribution in [2.75, 3.05) is 20.3 Å². The minimum atomic E-state index is -3.53. The van der Waals surface area contributed by atoms with Gasteiger partial charge < -0.3 is 10.1 Å². The predicted octanol–water partition coefficient (Wildman–Crippen LogP) is 1.36. The zero-order valence-corrected chi connectivity index (χ0v) is 14.1. The highest BCUT2D eigenvalue weighted by molar-refractivity contribution is 7.89. The average Bonchev–Trinajstić information content (AvgIpc) is 2.54. The summed E-state index contributed by atoms with van der Waals surface area (Å²) in [5, 5.41) is 2.72. The molecule has 126 valence electrons. The first kappa shape index (κ1) is 19.1. The van der Waals surface area contributed by atoms with Crippen molar-refractivity contribution in [2.45, 2.75) is 18.4 Å². The zero-order valence-electron chi connectivity index (χ0n) is 13.3. The molecule has 1 rings (SSSR count). The minimum Gasteiger partial charge on any atom is -0.383 e. The van der Waals surface area contributed by atoms with Crippen LogP contribution in [-0.2, 0) is 26.1 Å². The molecular weight excluding hydrogens is 316 g/mol. The van der Waals surface area contributed by atoms with Gasteiger partial charge >= 0.3 is 0 Å². The number of sulfonamides is 1. The van der Waals surface area contributed by atoms with Gasteiger partial charge in [-0.1, -0.05) is 30.4 Å². The van der Waals surface area contributed by atoms with Gasteiger partial charge in [0.2, 0.25) is 15.9 Å². The Labute approximate surface area is 137 Å². The van der Waals surface area contributed by atoms with Crippen molar-refractivity contribution in [1.29, 1.82) is 0 Å². The van der Waals surface area contributed by atoms with Crippen LogP contribution in [0.2, 0.25) is 0 Å². The fourth-order valence-corrected chi connectivity index (χ4v) is 2.66. The first-order valence-corrected chi connectivity index (χ1v) is 8.62. The monoisotopic (exact) mass is 338 g/mol. The van der Waals surface area contributed by atoms with Gasteiger partial charge in [0, 0.05) is 26.3 Å². The van der Waals surface area contributed by atoms with E-state index in [4.69, 9.17) is 4.74 Å². The van der Waals surface area contributed by atoms with Crippen molar-refractivity contribution >= 4 is 15.9 Å². The molecule has 7 heteroatoms. The molecule has 6 nitrogen and oxygen atoms in total. The van der Waals surface area contributed by atoms with Gasteiger partial charge in [-0.15, -0.1) is 0 Å². The van der Waals surface area contributed by atoms with Crippen molar-refractivity contribution in [2.24, 2.45) is 0 Å². The normalized spacial score (nSPS) is 12.1. The molecule has 0 radical (unpaired) electrons. The van der Waals surface area contributed by atoms with Gasteiger partial charge in [-0.05, 0) is 24.6 Å². The van der Waals surface area contributed by atoms with Crippen LogP contribution in [0.15, 0.2) is 53.5 Å². The van der Waals surface area contributed by atoms with Crippen LogP contribution in [0.4, 0.5) is 0 Å². The Balaban J connectivity index is 2.58. The number of nitrogens with one attached hydrogen (secondary N) is 2. The van der Waals surface area contributed by atoms with E-state index < -0.39 is 10.0 Å². The maximum Gasteiger partial charge on any atom is 0.244 e. The molecule has 0 heterocycles. The summed E-state index contributed by atoms with van der Waals surface area (Å²) >= 11 is 0. The Morgan fingerprint density at radius 2 is 1.91 bits per heavy atom. The van der Waals surface area contributed by atoms with Crippen LogP contribution in [0.3, 0.4) is 0 Å². The molecule has 1 aromatic rings. The molecule has 0 aliphatic carbocycles. The topological polar surface area (TPSA) is 84.5 Å². The Hall–Kier alpha value is -1.96. The Kier molecular flexibility index (Phi) is 8.25. The molecule has 0 saturated carbocycles.